The first kappa shape index (κ1) is 16.4. The third-order valence-corrected chi connectivity index (χ3v) is 0.646. The number of nitrogens with one attached hydrogen (secondary N) is 1. The van der Waals surface area contributed by atoms with Crippen molar-refractivity contribution in [1.82, 2.24) is 9.97 Å². The number of hydrogen-bond donors (Lipinski definition) is 1. The first-order valence-corrected chi connectivity index (χ1v) is 1.87. The van der Waals surface area contributed by atoms with Crippen molar-refractivity contribution in [2.75, 3.05) is 0 Å². The van der Waals surface area contributed by atoms with Gasteiger partial charge in [0.25, 0.3) is 0 Å². The quantitative estimate of drug-likeness (QED) is 0.706. The molecule has 1 aromatic rings. The molecule has 0 saturated carbocycles. The van der Waals surface area contributed by atoms with Crippen LogP contribution in [0.5, 0.6) is 0 Å². The maximum atomic E-state index is 9.80. The van der Waals surface area contributed by atoms with Crippen LogP contribution in [-0.4, -0.2) is 16.3 Å². The van der Waals surface area contributed by atoms with Gasteiger partial charge in [0.15, 0.2) is 6.29 Å². The predicted octanol–water partition coefficient (Wildman–Crippen LogP) is 1.49. The lowest BCUT2D eigenvalue weighted by Gasteiger charge is -1.67. The summed E-state index contributed by atoms with van der Waals surface area (Å²) in [7, 11) is 0. The van der Waals surface area contributed by atoms with E-state index >= 15 is 0 Å². The Labute approximate surface area is 76.8 Å². The van der Waals surface area contributed by atoms with Crippen LogP contribution in [0.3, 0.4) is 0 Å². The van der Waals surface area contributed by atoms with Crippen molar-refractivity contribution in [3.63, 3.8) is 0 Å². The molecule has 0 atom stereocenters. The summed E-state index contributed by atoms with van der Waals surface area (Å²) >= 11 is 0. The van der Waals surface area contributed by atoms with Crippen LogP contribution in [0.1, 0.15) is 10.5 Å². The summed E-state index contributed by atoms with van der Waals surface area (Å²) < 4.78 is 0. The van der Waals surface area contributed by atoms with Crippen LogP contribution < -0.4 is 0 Å². The van der Waals surface area contributed by atoms with Crippen molar-refractivity contribution in [3.8, 4) is 0 Å². The molecule has 0 radical (unpaired) electrons. The number of hydrogen-bond acceptors (Lipinski definition) is 2. The van der Waals surface area contributed by atoms with E-state index in [1.165, 1.54) is 12.5 Å². The molecular weight excluding hydrogens is 198 g/mol. The number of rotatable bonds is 1. The van der Waals surface area contributed by atoms with Crippen molar-refractivity contribution in [2.24, 2.45) is 0 Å². The summed E-state index contributed by atoms with van der Waals surface area (Å²) in [6, 6.07) is 0. The molecular formula is C4H7Cl3N2O. The van der Waals surface area contributed by atoms with Gasteiger partial charge >= 0.3 is 0 Å². The van der Waals surface area contributed by atoms with E-state index in [1.54, 1.807) is 0 Å². The number of nitrogens with zero attached hydrogens (tertiary/aromatic N) is 1. The molecule has 0 bridgehead atoms. The zero-order chi connectivity index (χ0) is 5.11. The second-order valence-corrected chi connectivity index (χ2v) is 1.12. The monoisotopic (exact) mass is 204 g/mol. The van der Waals surface area contributed by atoms with Crippen molar-refractivity contribution in [2.45, 2.75) is 0 Å². The molecule has 1 aromatic heterocycles. The van der Waals surface area contributed by atoms with E-state index < -0.39 is 0 Å². The molecule has 0 aliphatic heterocycles. The number of aldehydes is 1. The smallest absolute Gasteiger partial charge is 0.167 e. The summed E-state index contributed by atoms with van der Waals surface area (Å²) in [5.74, 6) is 0. The third-order valence-electron chi connectivity index (χ3n) is 0.646. The minimum atomic E-state index is 0. The number of imidazole rings is 1. The fraction of sp³-hybridized carbons (Fsp3) is 0. The molecule has 0 unspecified atom stereocenters. The highest BCUT2D eigenvalue weighted by atomic mass is 35.5. The van der Waals surface area contributed by atoms with E-state index in [4.69, 9.17) is 0 Å². The number of aromatic amines is 1. The average Bonchev–Trinajstić information content (AvgIpc) is 2.14. The van der Waals surface area contributed by atoms with Crippen LogP contribution in [0.15, 0.2) is 12.5 Å². The molecule has 0 saturated heterocycles. The Balaban J connectivity index is -0.000000163. The first-order valence-electron chi connectivity index (χ1n) is 1.87. The molecule has 10 heavy (non-hydrogen) atoms. The Bertz CT molecular complexity index is 154. The van der Waals surface area contributed by atoms with Gasteiger partial charge in [0, 0.05) is 0 Å². The van der Waals surface area contributed by atoms with Crippen LogP contribution in [0.4, 0.5) is 0 Å². The molecule has 1 heterocycles. The standard InChI is InChI=1S/C4H4N2O.3ClH/c7-2-4-1-5-3-6-4;;;/h1-3H,(H,5,6);3*1H. The normalized spacial score (nSPS) is 6.00. The highest BCUT2D eigenvalue weighted by Gasteiger charge is 1.82. The molecule has 60 valence electrons. The Hall–Kier alpha value is -0.250. The van der Waals surface area contributed by atoms with Crippen LogP contribution in [0, 0.1) is 0 Å². The third kappa shape index (κ3) is 4.61. The summed E-state index contributed by atoms with van der Waals surface area (Å²) in [5.41, 5.74) is 0.514. The van der Waals surface area contributed by atoms with Crippen LogP contribution >= 0.6 is 37.2 Å². The van der Waals surface area contributed by atoms with E-state index in [9.17, 15) is 4.79 Å². The molecule has 0 fully saturated rings. The minimum Gasteiger partial charge on any atom is -0.342 e. The van der Waals surface area contributed by atoms with E-state index in [0.29, 0.717) is 12.0 Å². The summed E-state index contributed by atoms with van der Waals surface area (Å²) in [5, 5.41) is 0. The Morgan fingerprint density at radius 2 is 2.00 bits per heavy atom. The van der Waals surface area contributed by atoms with Crippen LogP contribution in [0.2, 0.25) is 0 Å². The Morgan fingerprint density at radius 3 is 2.20 bits per heavy atom. The maximum Gasteiger partial charge on any atom is 0.167 e. The van der Waals surface area contributed by atoms with Gasteiger partial charge in [0.05, 0.1) is 18.2 Å². The fourth-order valence-corrected chi connectivity index (χ4v) is 0.331. The highest BCUT2D eigenvalue weighted by molar-refractivity contribution is 5.86. The molecule has 0 aliphatic rings. The topological polar surface area (TPSA) is 45.8 Å². The zero-order valence-corrected chi connectivity index (χ0v) is 7.26. The summed E-state index contributed by atoms with van der Waals surface area (Å²) in [6.07, 6.45) is 3.64. The zero-order valence-electron chi connectivity index (χ0n) is 4.81. The van der Waals surface area contributed by atoms with Crippen LogP contribution in [-0.2, 0) is 0 Å². The van der Waals surface area contributed by atoms with E-state index in [0.717, 1.165) is 0 Å². The van der Waals surface area contributed by atoms with Gasteiger partial charge < -0.3 is 4.98 Å². The van der Waals surface area contributed by atoms with Crippen molar-refractivity contribution >= 4 is 43.5 Å². The van der Waals surface area contributed by atoms with Gasteiger partial charge in [-0.1, -0.05) is 0 Å². The molecule has 0 amide bonds. The van der Waals surface area contributed by atoms with E-state index in [-0.39, 0.29) is 37.2 Å². The molecule has 0 aliphatic carbocycles. The van der Waals surface area contributed by atoms with Gasteiger partial charge in [-0.05, 0) is 0 Å². The van der Waals surface area contributed by atoms with Gasteiger partial charge in [0.2, 0.25) is 0 Å². The van der Waals surface area contributed by atoms with Crippen molar-refractivity contribution in [1.29, 1.82) is 0 Å². The largest absolute Gasteiger partial charge is 0.342 e. The van der Waals surface area contributed by atoms with Gasteiger partial charge in [-0.3, -0.25) is 4.79 Å². The second-order valence-electron chi connectivity index (χ2n) is 1.12. The van der Waals surface area contributed by atoms with Gasteiger partial charge in [-0.25, -0.2) is 4.98 Å². The van der Waals surface area contributed by atoms with Crippen LogP contribution in [0.25, 0.3) is 0 Å². The summed E-state index contributed by atoms with van der Waals surface area (Å²) in [6.45, 7) is 0. The number of halogens is 3. The number of carbonyl (C=O) groups is 1. The van der Waals surface area contributed by atoms with Gasteiger partial charge in [0.1, 0.15) is 0 Å². The average molecular weight is 205 g/mol. The number of carbonyl (C=O) groups excluding carboxylic acids is 1. The predicted molar refractivity (Wildman–Crippen MR) is 45.7 cm³/mol. The lowest BCUT2D eigenvalue weighted by Crippen LogP contribution is -1.72. The van der Waals surface area contributed by atoms with Crippen molar-refractivity contribution in [3.05, 3.63) is 18.2 Å². The Morgan fingerprint density at radius 1 is 1.40 bits per heavy atom. The molecule has 1 N–H and O–H groups in total. The second kappa shape index (κ2) is 8.75. The molecule has 0 spiro atoms. The Kier molecular flexibility index (Phi) is 14.3. The van der Waals surface area contributed by atoms with E-state index in [2.05, 4.69) is 9.97 Å². The van der Waals surface area contributed by atoms with Gasteiger partial charge in [-0.15, -0.1) is 37.2 Å². The lowest BCUT2D eigenvalue weighted by molar-refractivity contribution is 0.111. The first-order chi connectivity index (χ1) is 3.43. The number of aromatic nitrogens is 2. The SMILES string of the molecule is Cl.Cl.Cl.O=Cc1cnc[nH]1. The fourth-order valence-electron chi connectivity index (χ4n) is 0.331. The summed E-state index contributed by atoms with van der Waals surface area (Å²) in [4.78, 5) is 16.0. The van der Waals surface area contributed by atoms with E-state index in [1.807, 2.05) is 0 Å². The highest BCUT2D eigenvalue weighted by Crippen LogP contribution is 1.80. The van der Waals surface area contributed by atoms with Gasteiger partial charge in [-0.2, -0.15) is 0 Å². The number of H-pyrrole nitrogens is 1. The molecule has 6 heteroatoms. The molecule has 1 rings (SSSR count). The molecule has 3 nitrogen and oxygen atoms in total. The molecule has 0 aromatic carbocycles. The van der Waals surface area contributed by atoms with Crippen molar-refractivity contribution < 1.29 is 4.79 Å². The lowest BCUT2D eigenvalue weighted by atomic mass is 10.6. The minimum absolute atomic E-state index is 0. The maximum absolute atomic E-state index is 9.80.